The van der Waals surface area contributed by atoms with Crippen LogP contribution in [0.5, 0.6) is 0 Å². The standard InChI is InChI=1S/C12H16N4O4/c1-8-7-15(12(17)18)9(2)6-14(8)10-3-4-13-5-11(10)16(19)20/h3-5,8-9H,6-7H2,1-2H3,(H,17,18). The van der Waals surface area contributed by atoms with Gasteiger partial charge in [0.2, 0.25) is 0 Å². The number of hydrogen-bond acceptors (Lipinski definition) is 5. The molecule has 1 aliphatic heterocycles. The molecule has 1 aromatic heterocycles. The normalized spacial score (nSPS) is 22.7. The first-order chi connectivity index (χ1) is 9.41. The summed E-state index contributed by atoms with van der Waals surface area (Å²) < 4.78 is 0. The number of nitrogens with zero attached hydrogens (tertiary/aromatic N) is 4. The second-order valence-corrected chi connectivity index (χ2v) is 4.91. The van der Waals surface area contributed by atoms with E-state index in [1.807, 2.05) is 11.8 Å². The molecule has 8 heteroatoms. The SMILES string of the molecule is CC1CN(c2ccncc2[N+](=O)[O-])C(C)CN1C(=O)O. The molecular weight excluding hydrogens is 264 g/mol. The monoisotopic (exact) mass is 280 g/mol. The van der Waals surface area contributed by atoms with Crippen LogP contribution in [0, 0.1) is 10.1 Å². The first-order valence-corrected chi connectivity index (χ1v) is 6.26. The van der Waals surface area contributed by atoms with E-state index in [1.165, 1.54) is 17.3 Å². The number of aromatic nitrogens is 1. The number of carbonyl (C=O) groups is 1. The average Bonchev–Trinajstić information content (AvgIpc) is 2.40. The van der Waals surface area contributed by atoms with Crippen molar-refractivity contribution in [3.05, 3.63) is 28.6 Å². The summed E-state index contributed by atoms with van der Waals surface area (Å²) in [6.45, 7) is 4.38. The van der Waals surface area contributed by atoms with Gasteiger partial charge in [-0.1, -0.05) is 0 Å². The zero-order chi connectivity index (χ0) is 14.9. The fourth-order valence-electron chi connectivity index (χ4n) is 2.49. The van der Waals surface area contributed by atoms with E-state index < -0.39 is 11.0 Å². The predicted octanol–water partition coefficient (Wildman–Crippen LogP) is 1.57. The quantitative estimate of drug-likeness (QED) is 0.652. The van der Waals surface area contributed by atoms with E-state index in [0.29, 0.717) is 18.8 Å². The fourth-order valence-corrected chi connectivity index (χ4v) is 2.49. The van der Waals surface area contributed by atoms with Gasteiger partial charge < -0.3 is 14.9 Å². The molecule has 1 amide bonds. The Balaban J connectivity index is 2.31. The molecule has 0 radical (unpaired) electrons. The molecule has 8 nitrogen and oxygen atoms in total. The Labute approximate surface area is 115 Å². The number of amides is 1. The minimum atomic E-state index is -0.965. The highest BCUT2D eigenvalue weighted by atomic mass is 16.6. The van der Waals surface area contributed by atoms with Gasteiger partial charge in [0, 0.05) is 31.4 Å². The van der Waals surface area contributed by atoms with Crippen molar-refractivity contribution in [3.8, 4) is 0 Å². The van der Waals surface area contributed by atoms with E-state index in [2.05, 4.69) is 4.98 Å². The van der Waals surface area contributed by atoms with Crippen molar-refractivity contribution in [2.75, 3.05) is 18.0 Å². The van der Waals surface area contributed by atoms with E-state index in [9.17, 15) is 14.9 Å². The van der Waals surface area contributed by atoms with Crippen molar-refractivity contribution < 1.29 is 14.8 Å². The minimum Gasteiger partial charge on any atom is -0.465 e. The average molecular weight is 280 g/mol. The Kier molecular flexibility index (Phi) is 3.73. The van der Waals surface area contributed by atoms with E-state index in [4.69, 9.17) is 5.11 Å². The van der Waals surface area contributed by atoms with Gasteiger partial charge in [0.25, 0.3) is 0 Å². The lowest BCUT2D eigenvalue weighted by Gasteiger charge is -2.43. The first kappa shape index (κ1) is 14.0. The van der Waals surface area contributed by atoms with E-state index in [1.54, 1.807) is 13.0 Å². The molecule has 2 rings (SSSR count). The Hall–Kier alpha value is -2.38. The third-order valence-electron chi connectivity index (χ3n) is 3.52. The first-order valence-electron chi connectivity index (χ1n) is 6.26. The topological polar surface area (TPSA) is 99.8 Å². The van der Waals surface area contributed by atoms with Gasteiger partial charge >= 0.3 is 11.8 Å². The second-order valence-electron chi connectivity index (χ2n) is 4.91. The van der Waals surface area contributed by atoms with Gasteiger partial charge in [-0.2, -0.15) is 0 Å². The number of piperazine rings is 1. The molecule has 1 aliphatic rings. The molecule has 1 N–H and O–H groups in total. The van der Waals surface area contributed by atoms with Crippen molar-refractivity contribution in [2.24, 2.45) is 0 Å². The lowest BCUT2D eigenvalue weighted by Crippen LogP contribution is -2.58. The van der Waals surface area contributed by atoms with Crippen LogP contribution in [0.2, 0.25) is 0 Å². The van der Waals surface area contributed by atoms with Crippen LogP contribution in [0.25, 0.3) is 0 Å². The molecule has 0 aromatic carbocycles. The zero-order valence-electron chi connectivity index (χ0n) is 11.3. The van der Waals surface area contributed by atoms with Crippen molar-refractivity contribution in [3.63, 3.8) is 0 Å². The highest BCUT2D eigenvalue weighted by molar-refractivity contribution is 5.67. The predicted molar refractivity (Wildman–Crippen MR) is 71.9 cm³/mol. The van der Waals surface area contributed by atoms with Crippen LogP contribution in [0.4, 0.5) is 16.2 Å². The van der Waals surface area contributed by atoms with Gasteiger partial charge in [0.15, 0.2) is 0 Å². The molecule has 2 atom stereocenters. The maximum Gasteiger partial charge on any atom is 0.407 e. The summed E-state index contributed by atoms with van der Waals surface area (Å²) in [6, 6.07) is 1.23. The van der Waals surface area contributed by atoms with Gasteiger partial charge in [-0.25, -0.2) is 4.79 Å². The lowest BCUT2D eigenvalue weighted by atomic mass is 10.1. The van der Waals surface area contributed by atoms with Gasteiger partial charge in [-0.3, -0.25) is 15.1 Å². The molecule has 20 heavy (non-hydrogen) atoms. The molecule has 0 bridgehead atoms. The van der Waals surface area contributed by atoms with Gasteiger partial charge in [0.05, 0.1) is 4.92 Å². The lowest BCUT2D eigenvalue weighted by molar-refractivity contribution is -0.384. The summed E-state index contributed by atoms with van der Waals surface area (Å²) in [5.74, 6) is 0. The van der Waals surface area contributed by atoms with Crippen molar-refractivity contribution in [1.82, 2.24) is 9.88 Å². The van der Waals surface area contributed by atoms with Gasteiger partial charge in [-0.15, -0.1) is 0 Å². The number of carboxylic acid groups (broad SMARTS) is 1. The maximum atomic E-state index is 11.1. The molecule has 0 aliphatic carbocycles. The molecule has 2 heterocycles. The van der Waals surface area contributed by atoms with Crippen LogP contribution >= 0.6 is 0 Å². The third kappa shape index (κ3) is 2.49. The fraction of sp³-hybridized carbons (Fsp3) is 0.500. The number of pyridine rings is 1. The van der Waals surface area contributed by atoms with Crippen LogP contribution in [-0.4, -0.2) is 51.2 Å². The Morgan fingerprint density at radius 3 is 2.75 bits per heavy atom. The summed E-state index contributed by atoms with van der Waals surface area (Å²) >= 11 is 0. The summed E-state index contributed by atoms with van der Waals surface area (Å²) in [5.41, 5.74) is 0.421. The number of anilines is 1. The van der Waals surface area contributed by atoms with Crippen molar-refractivity contribution >= 4 is 17.5 Å². The van der Waals surface area contributed by atoms with Gasteiger partial charge in [-0.05, 0) is 19.9 Å². The number of rotatable bonds is 2. The highest BCUT2D eigenvalue weighted by Crippen LogP contribution is 2.30. The molecule has 108 valence electrons. The van der Waals surface area contributed by atoms with Crippen LogP contribution in [0.1, 0.15) is 13.8 Å². The summed E-state index contributed by atoms with van der Waals surface area (Å²) in [6.07, 6.45) is 1.76. The van der Waals surface area contributed by atoms with Crippen molar-refractivity contribution in [2.45, 2.75) is 25.9 Å². The smallest absolute Gasteiger partial charge is 0.407 e. The Bertz CT molecular complexity index is 536. The van der Waals surface area contributed by atoms with Crippen LogP contribution in [0.3, 0.4) is 0 Å². The molecule has 1 saturated heterocycles. The number of nitro groups is 1. The van der Waals surface area contributed by atoms with Crippen molar-refractivity contribution in [1.29, 1.82) is 0 Å². The highest BCUT2D eigenvalue weighted by Gasteiger charge is 2.34. The molecule has 1 fully saturated rings. The summed E-state index contributed by atoms with van der Waals surface area (Å²) in [7, 11) is 0. The Morgan fingerprint density at radius 1 is 1.45 bits per heavy atom. The van der Waals surface area contributed by atoms with Gasteiger partial charge in [0.1, 0.15) is 11.9 Å². The van der Waals surface area contributed by atoms with E-state index in [0.717, 1.165) is 0 Å². The van der Waals surface area contributed by atoms with Crippen LogP contribution < -0.4 is 4.90 Å². The zero-order valence-corrected chi connectivity index (χ0v) is 11.3. The molecule has 1 aromatic rings. The maximum absolute atomic E-state index is 11.1. The van der Waals surface area contributed by atoms with Crippen LogP contribution in [-0.2, 0) is 0 Å². The molecule has 0 saturated carbocycles. The minimum absolute atomic E-state index is 0.0599. The molecule has 0 spiro atoms. The third-order valence-corrected chi connectivity index (χ3v) is 3.52. The summed E-state index contributed by atoms with van der Waals surface area (Å²) in [5, 5.41) is 20.2. The summed E-state index contributed by atoms with van der Waals surface area (Å²) in [4.78, 5) is 28.7. The van der Waals surface area contributed by atoms with Crippen LogP contribution in [0.15, 0.2) is 18.5 Å². The second kappa shape index (κ2) is 5.32. The molecule has 2 unspecified atom stereocenters. The Morgan fingerprint density at radius 2 is 2.15 bits per heavy atom. The van der Waals surface area contributed by atoms with E-state index >= 15 is 0 Å². The molecular formula is C12H16N4O4. The van der Waals surface area contributed by atoms with E-state index in [-0.39, 0.29) is 17.8 Å². The largest absolute Gasteiger partial charge is 0.465 e. The number of hydrogen-bond donors (Lipinski definition) is 1.